The Morgan fingerprint density at radius 1 is 1.09 bits per heavy atom. The number of para-hydroxylation sites is 1. The number of carbonyl (C=O) groups is 3. The summed E-state index contributed by atoms with van der Waals surface area (Å²) >= 11 is 0. The van der Waals surface area contributed by atoms with Crippen molar-refractivity contribution in [3.8, 4) is 0 Å². The summed E-state index contributed by atoms with van der Waals surface area (Å²) in [6.45, 7) is 2.10. The largest absolute Gasteiger partial charge is 0.452 e. The number of rotatable bonds is 4. The van der Waals surface area contributed by atoms with Gasteiger partial charge in [0.2, 0.25) is 5.91 Å². The van der Waals surface area contributed by atoms with Crippen molar-refractivity contribution in [3.63, 3.8) is 0 Å². The van der Waals surface area contributed by atoms with E-state index in [4.69, 9.17) is 9.72 Å². The summed E-state index contributed by atoms with van der Waals surface area (Å²) in [6, 6.07) is 17.6. The number of esters is 1. The van der Waals surface area contributed by atoms with Crippen molar-refractivity contribution in [2.45, 2.75) is 32.6 Å². The zero-order valence-corrected chi connectivity index (χ0v) is 19.1. The van der Waals surface area contributed by atoms with E-state index in [1.54, 1.807) is 0 Å². The predicted octanol–water partition coefficient (Wildman–Crippen LogP) is 4.66. The molecule has 0 N–H and O–H groups in total. The van der Waals surface area contributed by atoms with E-state index in [0.29, 0.717) is 48.2 Å². The van der Waals surface area contributed by atoms with E-state index in [1.165, 1.54) is 4.90 Å². The summed E-state index contributed by atoms with van der Waals surface area (Å²) in [4.78, 5) is 43.8. The van der Waals surface area contributed by atoms with Crippen LogP contribution in [-0.4, -0.2) is 40.8 Å². The van der Waals surface area contributed by atoms with Crippen LogP contribution in [0, 0.1) is 5.92 Å². The third kappa shape index (κ3) is 4.23. The molecule has 2 heterocycles. The Balaban J connectivity index is 1.54. The van der Waals surface area contributed by atoms with Gasteiger partial charge in [0.15, 0.2) is 6.61 Å². The fraction of sp³-hybridized carbons (Fsp3) is 0.286. The Morgan fingerprint density at radius 2 is 1.85 bits per heavy atom. The van der Waals surface area contributed by atoms with Crippen molar-refractivity contribution in [1.29, 1.82) is 0 Å². The molecular formula is C28H26N2O4. The average molecular weight is 455 g/mol. The monoisotopic (exact) mass is 454 g/mol. The lowest BCUT2D eigenvalue weighted by atomic mass is 9.80. The van der Waals surface area contributed by atoms with Crippen LogP contribution in [0.3, 0.4) is 0 Å². The minimum atomic E-state index is -0.553. The number of hydrogen-bond donors (Lipinski definition) is 0. The number of carbonyl (C=O) groups excluding carboxylic acids is 3. The van der Waals surface area contributed by atoms with Crippen molar-refractivity contribution >= 4 is 40.3 Å². The highest BCUT2D eigenvalue weighted by Gasteiger charge is 2.31. The molecule has 1 saturated heterocycles. The van der Waals surface area contributed by atoms with Crippen LogP contribution in [0.1, 0.15) is 53.4 Å². The lowest BCUT2D eigenvalue weighted by Crippen LogP contribution is -2.35. The van der Waals surface area contributed by atoms with E-state index in [-0.39, 0.29) is 5.91 Å². The summed E-state index contributed by atoms with van der Waals surface area (Å²) in [5, 5.41) is 0.712. The van der Waals surface area contributed by atoms with Gasteiger partial charge in [0.1, 0.15) is 0 Å². The molecule has 0 saturated carbocycles. The number of allylic oxidation sites excluding steroid dienone is 1. The predicted molar refractivity (Wildman–Crippen MR) is 130 cm³/mol. The molecule has 2 aromatic carbocycles. The molecular weight excluding hydrogens is 428 g/mol. The number of nitrogens with zero attached hydrogens (tertiary/aromatic N) is 2. The van der Waals surface area contributed by atoms with Gasteiger partial charge in [-0.15, -0.1) is 0 Å². The lowest BCUT2D eigenvalue weighted by Gasteiger charge is -2.26. The number of imide groups is 1. The average Bonchev–Trinajstić information content (AvgIpc) is 3.27. The Hall–Kier alpha value is -3.80. The van der Waals surface area contributed by atoms with Gasteiger partial charge in [-0.1, -0.05) is 55.5 Å². The van der Waals surface area contributed by atoms with Gasteiger partial charge in [-0.05, 0) is 54.0 Å². The van der Waals surface area contributed by atoms with Crippen LogP contribution < -0.4 is 0 Å². The molecule has 0 spiro atoms. The van der Waals surface area contributed by atoms with E-state index >= 15 is 0 Å². The maximum atomic E-state index is 13.4. The van der Waals surface area contributed by atoms with Crippen molar-refractivity contribution < 1.29 is 19.1 Å². The first-order valence-electron chi connectivity index (χ1n) is 11.7. The van der Waals surface area contributed by atoms with Crippen molar-refractivity contribution in [3.05, 3.63) is 77.0 Å². The number of likely N-dealkylation sites (tertiary alicyclic amines) is 1. The molecule has 0 bridgehead atoms. The van der Waals surface area contributed by atoms with E-state index < -0.39 is 18.5 Å². The van der Waals surface area contributed by atoms with E-state index in [0.717, 1.165) is 28.8 Å². The number of aromatic nitrogens is 1. The zero-order valence-electron chi connectivity index (χ0n) is 19.1. The number of amides is 2. The summed E-state index contributed by atoms with van der Waals surface area (Å²) in [5.41, 5.74) is 5.01. The summed E-state index contributed by atoms with van der Waals surface area (Å²) < 4.78 is 5.48. The van der Waals surface area contributed by atoms with Gasteiger partial charge in [-0.2, -0.15) is 0 Å². The SMILES string of the molecule is CC1CC(=Cc2ccccc2)c2nc3ccccc3c(C(=O)OCC(=O)N3CCCC3=O)c2C1. The van der Waals surface area contributed by atoms with Crippen molar-refractivity contribution in [2.75, 3.05) is 13.2 Å². The maximum absolute atomic E-state index is 13.4. The van der Waals surface area contributed by atoms with E-state index in [9.17, 15) is 14.4 Å². The molecule has 1 aromatic heterocycles. The molecule has 172 valence electrons. The first-order chi connectivity index (χ1) is 16.5. The molecule has 3 aromatic rings. The van der Waals surface area contributed by atoms with Crippen LogP contribution in [0.5, 0.6) is 0 Å². The normalized spacial score (nSPS) is 18.9. The Kier molecular flexibility index (Phi) is 5.97. The van der Waals surface area contributed by atoms with Gasteiger partial charge in [0.25, 0.3) is 5.91 Å². The second kappa shape index (κ2) is 9.21. The highest BCUT2D eigenvalue weighted by Crippen LogP contribution is 2.38. The zero-order chi connectivity index (χ0) is 23.7. The summed E-state index contributed by atoms with van der Waals surface area (Å²) in [6.07, 6.45) is 4.69. The molecule has 5 rings (SSSR count). The first-order valence-corrected chi connectivity index (χ1v) is 11.7. The van der Waals surface area contributed by atoms with Gasteiger partial charge in [-0.25, -0.2) is 9.78 Å². The van der Waals surface area contributed by atoms with Gasteiger partial charge in [0, 0.05) is 18.4 Å². The highest BCUT2D eigenvalue weighted by atomic mass is 16.5. The molecule has 0 radical (unpaired) electrons. The van der Waals surface area contributed by atoms with Crippen LogP contribution in [0.25, 0.3) is 22.6 Å². The number of pyridine rings is 1. The van der Waals surface area contributed by atoms with E-state index in [1.807, 2.05) is 54.6 Å². The Labute approximate surface area is 198 Å². The Bertz CT molecular complexity index is 1310. The summed E-state index contributed by atoms with van der Waals surface area (Å²) in [5.74, 6) is -0.915. The van der Waals surface area contributed by atoms with Gasteiger partial charge >= 0.3 is 5.97 Å². The van der Waals surface area contributed by atoms with Crippen molar-refractivity contribution in [1.82, 2.24) is 9.88 Å². The Morgan fingerprint density at radius 3 is 2.62 bits per heavy atom. The fourth-order valence-corrected chi connectivity index (χ4v) is 4.91. The van der Waals surface area contributed by atoms with Crippen LogP contribution in [0.2, 0.25) is 0 Å². The number of benzene rings is 2. The minimum absolute atomic E-state index is 0.211. The second-order valence-corrected chi connectivity index (χ2v) is 9.04. The fourth-order valence-electron chi connectivity index (χ4n) is 4.91. The van der Waals surface area contributed by atoms with Crippen LogP contribution in [-0.2, 0) is 20.7 Å². The third-order valence-electron chi connectivity index (χ3n) is 6.46. The molecule has 6 nitrogen and oxygen atoms in total. The van der Waals surface area contributed by atoms with E-state index in [2.05, 4.69) is 13.0 Å². The number of ether oxygens (including phenoxy) is 1. The number of fused-ring (bicyclic) bond motifs is 2. The topological polar surface area (TPSA) is 76.6 Å². The lowest BCUT2D eigenvalue weighted by molar-refractivity contribution is -0.143. The quantitative estimate of drug-likeness (QED) is 0.536. The molecule has 2 amide bonds. The maximum Gasteiger partial charge on any atom is 0.339 e. The van der Waals surface area contributed by atoms with Gasteiger partial charge in [0.05, 0.1) is 16.8 Å². The first kappa shape index (κ1) is 22.0. The van der Waals surface area contributed by atoms with Crippen LogP contribution in [0.15, 0.2) is 54.6 Å². The second-order valence-electron chi connectivity index (χ2n) is 9.04. The third-order valence-corrected chi connectivity index (χ3v) is 6.46. The molecule has 34 heavy (non-hydrogen) atoms. The van der Waals surface area contributed by atoms with Crippen LogP contribution >= 0.6 is 0 Å². The molecule has 2 aliphatic rings. The van der Waals surface area contributed by atoms with Crippen LogP contribution in [0.4, 0.5) is 0 Å². The summed E-state index contributed by atoms with van der Waals surface area (Å²) in [7, 11) is 0. The highest BCUT2D eigenvalue weighted by molar-refractivity contribution is 6.07. The molecule has 1 aliphatic heterocycles. The molecule has 1 aliphatic carbocycles. The molecule has 1 unspecified atom stereocenters. The minimum Gasteiger partial charge on any atom is -0.452 e. The molecule has 1 fully saturated rings. The van der Waals surface area contributed by atoms with Crippen molar-refractivity contribution in [2.24, 2.45) is 5.92 Å². The van der Waals surface area contributed by atoms with Gasteiger partial charge < -0.3 is 4.74 Å². The standard InChI is InChI=1S/C28H26N2O4/c1-18-14-20(16-19-8-3-2-4-9-19)27-22(15-18)26(21-10-5-6-11-23(21)29-27)28(33)34-17-25(32)30-13-7-12-24(30)31/h2-6,8-11,16,18H,7,12-15,17H2,1H3. The molecule has 1 atom stereocenters. The van der Waals surface area contributed by atoms with Gasteiger partial charge in [-0.3, -0.25) is 14.5 Å². The number of hydrogen-bond acceptors (Lipinski definition) is 5. The molecule has 6 heteroatoms. The smallest absolute Gasteiger partial charge is 0.339 e.